The zero-order valence-electron chi connectivity index (χ0n) is 11.8. The molecule has 114 valence electrons. The van der Waals surface area contributed by atoms with Gasteiger partial charge in [0.1, 0.15) is 6.61 Å². The first-order valence-corrected chi connectivity index (χ1v) is 6.82. The summed E-state index contributed by atoms with van der Waals surface area (Å²) >= 11 is 0. The van der Waals surface area contributed by atoms with Crippen molar-refractivity contribution in [2.45, 2.75) is 20.9 Å². The van der Waals surface area contributed by atoms with E-state index in [0.717, 1.165) is 16.6 Å². The number of nitrogens with zero attached hydrogens (tertiary/aromatic N) is 2. The van der Waals surface area contributed by atoms with Gasteiger partial charge in [0.25, 0.3) is 0 Å². The van der Waals surface area contributed by atoms with Crippen LogP contribution in [0, 0.1) is 6.92 Å². The number of benzene rings is 2. The van der Waals surface area contributed by atoms with Crippen LogP contribution >= 0.6 is 0 Å². The molecule has 0 aliphatic rings. The zero-order valence-corrected chi connectivity index (χ0v) is 11.8. The Hall–Kier alpha value is -2.46. The van der Waals surface area contributed by atoms with Gasteiger partial charge in [-0.1, -0.05) is 37.8 Å². The molecule has 1 N–H and O–H groups in total. The van der Waals surface area contributed by atoms with Gasteiger partial charge in [-0.15, -0.1) is 0 Å². The van der Waals surface area contributed by atoms with Gasteiger partial charge in [-0.05, 0) is 30.2 Å². The summed E-state index contributed by atoms with van der Waals surface area (Å²) in [6, 6.07) is 13.5. The lowest BCUT2D eigenvalue weighted by Crippen LogP contribution is -2.04. The minimum atomic E-state index is -0.454. The summed E-state index contributed by atoms with van der Waals surface area (Å²) in [4.78, 5) is 15.8. The third-order valence-electron chi connectivity index (χ3n) is 3.55. The minimum absolute atomic E-state index is 0. The molecule has 2 aromatic carbocycles. The monoisotopic (exact) mass is 296 g/mol. The minimum Gasteiger partial charge on any atom is -0.388 e. The molecule has 4 heteroatoms. The van der Waals surface area contributed by atoms with Crippen LogP contribution in [0.4, 0.5) is 0 Å². The van der Waals surface area contributed by atoms with E-state index < -0.39 is 6.61 Å². The van der Waals surface area contributed by atoms with Crippen molar-refractivity contribution < 1.29 is 9.90 Å². The first-order valence-electron chi connectivity index (χ1n) is 6.82. The van der Waals surface area contributed by atoms with Crippen molar-refractivity contribution in [3.63, 3.8) is 0 Å². The highest BCUT2D eigenvalue weighted by molar-refractivity contribution is 5.96. The summed E-state index contributed by atoms with van der Waals surface area (Å²) in [5.41, 5.74) is 4.90. The summed E-state index contributed by atoms with van der Waals surface area (Å²) in [5, 5.41) is 8.84. The number of rotatable bonds is 4. The third kappa shape index (κ3) is 3.07. The van der Waals surface area contributed by atoms with Crippen LogP contribution in [0.2, 0.25) is 0 Å². The van der Waals surface area contributed by atoms with Crippen LogP contribution in [0.1, 0.15) is 28.9 Å². The predicted octanol–water partition coefficient (Wildman–Crippen LogP) is 3.20. The fourth-order valence-corrected chi connectivity index (χ4v) is 2.38. The number of aryl methyl sites for hydroxylation is 1. The molecule has 4 nitrogen and oxygen atoms in total. The molecule has 0 saturated heterocycles. The normalized spacial score (nSPS) is 10.5. The lowest BCUT2D eigenvalue weighted by molar-refractivity contribution is 0.0903. The standard InChI is InChI=1S/C17H16N2O2.CH4/c1-12-2-7-16-15(8-12)18-11-19(16)9-13-3-5-14(6-4-13)17(21)10-20;/h2-8,11,20H,9-10H2,1H3;1H4. The first-order chi connectivity index (χ1) is 10.2. The van der Waals surface area contributed by atoms with Crippen molar-refractivity contribution >= 4 is 16.8 Å². The van der Waals surface area contributed by atoms with E-state index in [1.165, 1.54) is 5.56 Å². The molecular weight excluding hydrogens is 276 g/mol. The second-order valence-electron chi connectivity index (χ2n) is 5.14. The van der Waals surface area contributed by atoms with E-state index in [9.17, 15) is 4.79 Å². The third-order valence-corrected chi connectivity index (χ3v) is 3.55. The van der Waals surface area contributed by atoms with E-state index in [0.29, 0.717) is 12.1 Å². The molecule has 22 heavy (non-hydrogen) atoms. The van der Waals surface area contributed by atoms with E-state index in [4.69, 9.17) is 5.11 Å². The summed E-state index contributed by atoms with van der Waals surface area (Å²) in [5.74, 6) is -0.259. The second-order valence-corrected chi connectivity index (χ2v) is 5.14. The molecule has 0 bridgehead atoms. The van der Waals surface area contributed by atoms with Crippen LogP contribution in [0.15, 0.2) is 48.8 Å². The second kappa shape index (κ2) is 6.54. The van der Waals surface area contributed by atoms with E-state index >= 15 is 0 Å². The molecule has 1 heterocycles. The van der Waals surface area contributed by atoms with Crippen molar-refractivity contribution in [3.05, 3.63) is 65.5 Å². The predicted molar refractivity (Wildman–Crippen MR) is 88.2 cm³/mol. The molecule has 0 atom stereocenters. The van der Waals surface area contributed by atoms with Crippen molar-refractivity contribution in [2.24, 2.45) is 0 Å². The highest BCUT2D eigenvalue weighted by Crippen LogP contribution is 2.16. The Kier molecular flexibility index (Phi) is 4.73. The van der Waals surface area contributed by atoms with Gasteiger partial charge in [-0.25, -0.2) is 4.98 Å². The number of hydrogen-bond acceptors (Lipinski definition) is 3. The summed E-state index contributed by atoms with van der Waals surface area (Å²) in [6.07, 6.45) is 1.83. The molecule has 3 rings (SSSR count). The maximum Gasteiger partial charge on any atom is 0.188 e. The fourth-order valence-electron chi connectivity index (χ4n) is 2.38. The lowest BCUT2D eigenvalue weighted by Gasteiger charge is -2.06. The van der Waals surface area contributed by atoms with Gasteiger partial charge < -0.3 is 9.67 Å². The van der Waals surface area contributed by atoms with Gasteiger partial charge in [-0.2, -0.15) is 0 Å². The Morgan fingerprint density at radius 3 is 2.59 bits per heavy atom. The van der Waals surface area contributed by atoms with Gasteiger partial charge in [-0.3, -0.25) is 4.79 Å². The highest BCUT2D eigenvalue weighted by atomic mass is 16.3. The van der Waals surface area contributed by atoms with Gasteiger partial charge >= 0.3 is 0 Å². The van der Waals surface area contributed by atoms with Crippen molar-refractivity contribution in [3.8, 4) is 0 Å². The molecule has 0 saturated carbocycles. The molecule has 0 aliphatic heterocycles. The van der Waals surface area contributed by atoms with Crippen LogP contribution < -0.4 is 0 Å². The maximum absolute atomic E-state index is 11.4. The molecule has 1 aromatic heterocycles. The molecule has 3 aromatic rings. The first kappa shape index (κ1) is 15.9. The summed E-state index contributed by atoms with van der Waals surface area (Å²) in [6.45, 7) is 2.30. The van der Waals surface area contributed by atoms with Crippen LogP contribution in [-0.2, 0) is 6.54 Å². The van der Waals surface area contributed by atoms with Gasteiger partial charge in [0, 0.05) is 12.1 Å². The smallest absolute Gasteiger partial charge is 0.188 e. The Bertz CT molecular complexity index is 788. The number of aromatic nitrogens is 2. The SMILES string of the molecule is C.Cc1ccc2c(c1)ncn2Cc1ccc(C(=O)CO)cc1. The van der Waals surface area contributed by atoms with Crippen molar-refractivity contribution in [1.82, 2.24) is 9.55 Å². The Morgan fingerprint density at radius 2 is 1.91 bits per heavy atom. The number of imidazole rings is 1. The average molecular weight is 296 g/mol. The largest absolute Gasteiger partial charge is 0.388 e. The highest BCUT2D eigenvalue weighted by Gasteiger charge is 2.06. The zero-order chi connectivity index (χ0) is 14.8. The van der Waals surface area contributed by atoms with E-state index in [-0.39, 0.29) is 13.2 Å². The number of carbonyl (C=O) groups is 1. The average Bonchev–Trinajstić information content (AvgIpc) is 2.89. The number of fused-ring (bicyclic) bond motifs is 1. The van der Waals surface area contributed by atoms with Crippen molar-refractivity contribution in [1.29, 1.82) is 0 Å². The number of hydrogen-bond donors (Lipinski definition) is 1. The lowest BCUT2D eigenvalue weighted by atomic mass is 10.1. The Morgan fingerprint density at radius 1 is 1.18 bits per heavy atom. The topological polar surface area (TPSA) is 55.1 Å². The van der Waals surface area contributed by atoms with E-state index in [1.807, 2.05) is 18.5 Å². The molecule has 0 unspecified atom stereocenters. The molecule has 0 amide bonds. The van der Waals surface area contributed by atoms with E-state index in [2.05, 4.69) is 34.7 Å². The van der Waals surface area contributed by atoms with Crippen molar-refractivity contribution in [2.75, 3.05) is 6.61 Å². The molecule has 0 spiro atoms. The van der Waals surface area contributed by atoms with Crippen LogP contribution in [0.25, 0.3) is 11.0 Å². The number of ketones is 1. The maximum atomic E-state index is 11.4. The van der Waals surface area contributed by atoms with E-state index in [1.54, 1.807) is 12.1 Å². The summed E-state index contributed by atoms with van der Waals surface area (Å²) < 4.78 is 2.08. The number of aliphatic hydroxyl groups is 1. The van der Waals surface area contributed by atoms with Gasteiger partial charge in [0.2, 0.25) is 0 Å². The van der Waals surface area contributed by atoms with Crippen LogP contribution in [0.5, 0.6) is 0 Å². The van der Waals surface area contributed by atoms with Gasteiger partial charge in [0.05, 0.1) is 17.4 Å². The Labute approximate surface area is 130 Å². The quantitative estimate of drug-likeness (QED) is 0.752. The fraction of sp³-hybridized carbons (Fsp3) is 0.222. The van der Waals surface area contributed by atoms with Crippen LogP contribution in [-0.4, -0.2) is 27.0 Å². The summed E-state index contributed by atoms with van der Waals surface area (Å²) in [7, 11) is 0. The number of carbonyl (C=O) groups excluding carboxylic acids is 1. The molecule has 0 fully saturated rings. The number of Topliss-reactive ketones (excluding diaryl/α,β-unsaturated/α-hetero) is 1. The number of aliphatic hydroxyl groups excluding tert-OH is 1. The molecule has 0 aliphatic carbocycles. The molecule has 0 radical (unpaired) electrons. The Balaban J connectivity index is 0.00000176. The van der Waals surface area contributed by atoms with Gasteiger partial charge in [0.15, 0.2) is 5.78 Å². The molecular formula is C18H20N2O2. The van der Waals surface area contributed by atoms with Crippen LogP contribution in [0.3, 0.4) is 0 Å².